The normalized spacial score (nSPS) is 11.4. The molecule has 6 heteroatoms. The van der Waals surface area contributed by atoms with Gasteiger partial charge in [-0.15, -0.1) is 0 Å². The Kier molecular flexibility index (Phi) is 5.14. The number of rotatable bonds is 4. The van der Waals surface area contributed by atoms with Crippen LogP contribution in [0.2, 0.25) is 10.0 Å². The van der Waals surface area contributed by atoms with Gasteiger partial charge in [0.1, 0.15) is 11.5 Å². The molecule has 0 aliphatic carbocycles. The summed E-state index contributed by atoms with van der Waals surface area (Å²) in [5.74, 6) is 0.266. The summed E-state index contributed by atoms with van der Waals surface area (Å²) in [5.41, 5.74) is 3.17. The second-order valence-corrected chi connectivity index (χ2v) is 7.40. The number of nitrogens with zero attached hydrogens (tertiary/aromatic N) is 1. The van der Waals surface area contributed by atoms with Gasteiger partial charge in [0.05, 0.1) is 26.8 Å². The van der Waals surface area contributed by atoms with E-state index in [0.717, 1.165) is 11.1 Å². The zero-order valence-electron chi connectivity index (χ0n) is 15.3. The van der Waals surface area contributed by atoms with Crippen molar-refractivity contribution in [3.8, 4) is 11.3 Å². The topological polar surface area (TPSA) is 63.3 Å². The van der Waals surface area contributed by atoms with Crippen LogP contribution in [0.3, 0.4) is 0 Å². The molecule has 0 saturated carbocycles. The van der Waals surface area contributed by atoms with Gasteiger partial charge in [-0.05, 0) is 67.6 Å². The molecule has 2 aromatic heterocycles. The maximum Gasteiger partial charge on any atom is 0.336 e. The van der Waals surface area contributed by atoms with Gasteiger partial charge in [-0.25, -0.2) is 9.78 Å². The van der Waals surface area contributed by atoms with E-state index in [-0.39, 0.29) is 5.56 Å². The Hall–Kier alpha value is -3.08. The van der Waals surface area contributed by atoms with Crippen LogP contribution in [0.4, 0.5) is 0 Å². The lowest BCUT2D eigenvalue weighted by molar-refractivity contribution is 0.0699. The molecule has 0 aliphatic rings. The van der Waals surface area contributed by atoms with Crippen molar-refractivity contribution in [3.63, 3.8) is 0 Å². The van der Waals surface area contributed by atoms with Gasteiger partial charge in [0.15, 0.2) is 0 Å². The van der Waals surface area contributed by atoms with Crippen LogP contribution >= 0.6 is 23.2 Å². The van der Waals surface area contributed by atoms with Gasteiger partial charge in [-0.2, -0.15) is 0 Å². The van der Waals surface area contributed by atoms with E-state index in [0.29, 0.717) is 38.2 Å². The van der Waals surface area contributed by atoms with Crippen LogP contribution < -0.4 is 0 Å². The van der Waals surface area contributed by atoms with Crippen LogP contribution in [0, 0.1) is 6.92 Å². The lowest BCUT2D eigenvalue weighted by Gasteiger charge is -2.05. The number of fused-ring (bicyclic) bond motifs is 1. The van der Waals surface area contributed by atoms with Crippen LogP contribution in [0.1, 0.15) is 27.4 Å². The number of aryl methyl sites for hydroxylation is 1. The third kappa shape index (κ3) is 4.04. The summed E-state index contributed by atoms with van der Waals surface area (Å²) in [5, 5.41) is 11.1. The molecule has 0 radical (unpaired) electrons. The van der Waals surface area contributed by atoms with Gasteiger partial charge in [-0.3, -0.25) is 0 Å². The van der Waals surface area contributed by atoms with Crippen molar-refractivity contribution >= 4 is 52.2 Å². The van der Waals surface area contributed by atoms with Crippen LogP contribution in [-0.2, 0) is 0 Å². The van der Waals surface area contributed by atoms with Crippen LogP contribution in [0.5, 0.6) is 0 Å². The van der Waals surface area contributed by atoms with E-state index in [1.165, 1.54) is 0 Å². The first-order valence-corrected chi connectivity index (χ1v) is 9.54. The number of hydrogen-bond donors (Lipinski definition) is 1. The maximum atomic E-state index is 11.7. The SMILES string of the molecule is Cc1ccc2nc(C=Cc3ccc(-c4ccc(Cl)c(Cl)c4)o3)cc(C(=O)O)c2c1. The first kappa shape index (κ1) is 19.2. The molecule has 0 aliphatic heterocycles. The lowest BCUT2D eigenvalue weighted by atomic mass is 10.1. The summed E-state index contributed by atoms with van der Waals surface area (Å²) in [7, 11) is 0. The molecule has 0 bridgehead atoms. The second kappa shape index (κ2) is 7.74. The van der Waals surface area contributed by atoms with E-state index >= 15 is 0 Å². The van der Waals surface area contributed by atoms with Crippen molar-refractivity contribution in [3.05, 3.63) is 87.2 Å². The minimum absolute atomic E-state index is 0.217. The van der Waals surface area contributed by atoms with E-state index in [1.54, 1.807) is 30.4 Å². The zero-order chi connectivity index (χ0) is 20.5. The lowest BCUT2D eigenvalue weighted by Crippen LogP contribution is -2.00. The predicted octanol–water partition coefficient (Wildman–Crippen LogP) is 6.98. The van der Waals surface area contributed by atoms with Crippen molar-refractivity contribution in [2.45, 2.75) is 6.92 Å². The number of pyridine rings is 1. The number of hydrogen-bond acceptors (Lipinski definition) is 3. The van der Waals surface area contributed by atoms with Gasteiger partial charge in [0.2, 0.25) is 0 Å². The third-order valence-corrected chi connectivity index (χ3v) is 5.20. The standard InChI is InChI=1S/C23H15Cl2NO3/c1-13-2-8-21-17(10-13)18(23(27)28)12-15(26-21)4-5-16-6-9-22(29-16)14-3-7-19(24)20(25)11-14/h2-12H,1H3,(H,27,28). The number of furan rings is 1. The molecule has 0 unspecified atom stereocenters. The third-order valence-electron chi connectivity index (χ3n) is 4.46. The van der Waals surface area contributed by atoms with E-state index in [9.17, 15) is 9.90 Å². The molecule has 0 saturated heterocycles. The molecule has 4 aromatic rings. The van der Waals surface area contributed by atoms with E-state index in [1.807, 2.05) is 43.3 Å². The molecule has 2 aromatic carbocycles. The van der Waals surface area contributed by atoms with Gasteiger partial charge < -0.3 is 9.52 Å². The Balaban J connectivity index is 1.66. The molecule has 0 amide bonds. The first-order valence-electron chi connectivity index (χ1n) is 8.79. The minimum Gasteiger partial charge on any atom is -0.478 e. The highest BCUT2D eigenvalue weighted by Crippen LogP contribution is 2.30. The summed E-state index contributed by atoms with van der Waals surface area (Å²) in [6.45, 7) is 1.92. The van der Waals surface area contributed by atoms with E-state index < -0.39 is 5.97 Å². The molecule has 144 valence electrons. The second-order valence-electron chi connectivity index (χ2n) is 6.58. The first-order chi connectivity index (χ1) is 13.9. The number of aromatic nitrogens is 1. The van der Waals surface area contributed by atoms with Gasteiger partial charge >= 0.3 is 5.97 Å². The van der Waals surface area contributed by atoms with Crippen molar-refractivity contribution < 1.29 is 14.3 Å². The van der Waals surface area contributed by atoms with Crippen molar-refractivity contribution in [2.24, 2.45) is 0 Å². The quantitative estimate of drug-likeness (QED) is 0.384. The van der Waals surface area contributed by atoms with Gasteiger partial charge in [-0.1, -0.05) is 34.8 Å². The average Bonchev–Trinajstić information content (AvgIpc) is 3.17. The Labute approximate surface area is 177 Å². The fraction of sp³-hybridized carbons (Fsp3) is 0.0435. The summed E-state index contributed by atoms with van der Waals surface area (Å²) in [4.78, 5) is 16.2. The predicted molar refractivity (Wildman–Crippen MR) is 117 cm³/mol. The number of carbonyl (C=O) groups is 1. The molecular formula is C23H15Cl2NO3. The smallest absolute Gasteiger partial charge is 0.336 e. The molecule has 29 heavy (non-hydrogen) atoms. The number of benzene rings is 2. The fourth-order valence-electron chi connectivity index (χ4n) is 3.04. The Morgan fingerprint density at radius 2 is 1.83 bits per heavy atom. The number of carboxylic acids is 1. The summed E-state index contributed by atoms with van der Waals surface area (Å²) >= 11 is 12.0. The van der Waals surface area contributed by atoms with Crippen LogP contribution in [0.25, 0.3) is 34.4 Å². The summed E-state index contributed by atoms with van der Waals surface area (Å²) in [6, 6.07) is 16.0. The number of aromatic carboxylic acids is 1. The van der Waals surface area contributed by atoms with Gasteiger partial charge in [0, 0.05) is 10.9 Å². The minimum atomic E-state index is -0.988. The molecule has 2 heterocycles. The van der Waals surface area contributed by atoms with Crippen LogP contribution in [0.15, 0.2) is 59.0 Å². The van der Waals surface area contributed by atoms with Gasteiger partial charge in [0.25, 0.3) is 0 Å². The molecular weight excluding hydrogens is 409 g/mol. The maximum absolute atomic E-state index is 11.7. The molecule has 1 N–H and O–H groups in total. The van der Waals surface area contributed by atoms with E-state index in [2.05, 4.69) is 4.98 Å². The van der Waals surface area contributed by atoms with Crippen LogP contribution in [-0.4, -0.2) is 16.1 Å². The summed E-state index contributed by atoms with van der Waals surface area (Å²) in [6.07, 6.45) is 3.47. The van der Waals surface area contributed by atoms with Crippen molar-refractivity contribution in [2.75, 3.05) is 0 Å². The Bertz CT molecular complexity index is 1270. The van der Waals surface area contributed by atoms with Crippen molar-refractivity contribution in [1.29, 1.82) is 0 Å². The number of halogens is 2. The molecule has 0 spiro atoms. The monoisotopic (exact) mass is 423 g/mol. The van der Waals surface area contributed by atoms with E-state index in [4.69, 9.17) is 27.6 Å². The highest BCUT2D eigenvalue weighted by atomic mass is 35.5. The molecule has 0 atom stereocenters. The average molecular weight is 424 g/mol. The Morgan fingerprint density at radius 3 is 2.59 bits per heavy atom. The fourth-order valence-corrected chi connectivity index (χ4v) is 3.33. The summed E-state index contributed by atoms with van der Waals surface area (Å²) < 4.78 is 5.83. The Morgan fingerprint density at radius 1 is 1.00 bits per heavy atom. The highest BCUT2D eigenvalue weighted by molar-refractivity contribution is 6.42. The number of carboxylic acid groups (broad SMARTS) is 1. The molecule has 0 fully saturated rings. The highest BCUT2D eigenvalue weighted by Gasteiger charge is 2.11. The van der Waals surface area contributed by atoms with Crippen molar-refractivity contribution in [1.82, 2.24) is 4.98 Å². The largest absolute Gasteiger partial charge is 0.478 e. The molecule has 4 rings (SSSR count). The molecule has 4 nitrogen and oxygen atoms in total. The zero-order valence-corrected chi connectivity index (χ0v) is 16.8.